The monoisotopic (exact) mass is 413 g/mol. The SMILES string of the molecule is CONc1ccc(OC(=O)N=C2SCC(=O)N2c2cc(C)ccc2C(C)C)cc1. The van der Waals surface area contributed by atoms with E-state index in [0.717, 1.165) is 22.5 Å². The number of ether oxygens (including phenoxy) is 1. The molecule has 2 aromatic carbocycles. The molecule has 0 saturated carbocycles. The van der Waals surface area contributed by atoms with Crippen molar-refractivity contribution in [3.05, 3.63) is 53.6 Å². The molecule has 0 bridgehead atoms. The number of aryl methyl sites for hydroxylation is 1. The summed E-state index contributed by atoms with van der Waals surface area (Å²) in [5.74, 6) is 0.690. The minimum Gasteiger partial charge on any atom is -0.409 e. The molecule has 1 saturated heterocycles. The molecule has 3 rings (SSSR count). The van der Waals surface area contributed by atoms with Gasteiger partial charge in [0.05, 0.1) is 24.2 Å². The molecular formula is C21H23N3O4S. The van der Waals surface area contributed by atoms with Crippen LogP contribution in [0.3, 0.4) is 0 Å². The van der Waals surface area contributed by atoms with Crippen LogP contribution in [0.15, 0.2) is 47.5 Å². The van der Waals surface area contributed by atoms with Crippen LogP contribution in [0.1, 0.15) is 30.9 Å². The molecule has 7 nitrogen and oxygen atoms in total. The van der Waals surface area contributed by atoms with Gasteiger partial charge in [0, 0.05) is 0 Å². The minimum atomic E-state index is -0.779. The molecule has 1 N–H and O–H groups in total. The second-order valence-corrected chi connectivity index (χ2v) is 7.77. The molecule has 0 unspecified atom stereocenters. The van der Waals surface area contributed by atoms with Gasteiger partial charge in [-0.05, 0) is 54.3 Å². The predicted octanol–water partition coefficient (Wildman–Crippen LogP) is 4.73. The first-order chi connectivity index (χ1) is 13.9. The maximum absolute atomic E-state index is 12.6. The standard InChI is InChI=1S/C21H23N3O4S/c1-13(2)17-10-5-14(3)11-18(17)24-19(25)12-29-20(24)22-21(26)28-16-8-6-15(7-9-16)23-27-4/h5-11,13,23H,12H2,1-4H3. The number of aliphatic imine (C=N–C) groups is 1. The summed E-state index contributed by atoms with van der Waals surface area (Å²) >= 11 is 1.23. The van der Waals surface area contributed by atoms with Gasteiger partial charge in [-0.25, -0.2) is 4.79 Å². The van der Waals surface area contributed by atoms with Crippen molar-refractivity contribution < 1.29 is 19.2 Å². The van der Waals surface area contributed by atoms with Gasteiger partial charge in [0.2, 0.25) is 5.91 Å². The Kier molecular flexibility index (Phi) is 6.56. The average molecular weight is 413 g/mol. The number of hydrogen-bond acceptors (Lipinski definition) is 6. The summed E-state index contributed by atoms with van der Waals surface area (Å²) in [6.07, 6.45) is -0.779. The van der Waals surface area contributed by atoms with Gasteiger partial charge in [-0.2, -0.15) is 0 Å². The van der Waals surface area contributed by atoms with Crippen LogP contribution in [0.4, 0.5) is 16.2 Å². The molecule has 0 aliphatic carbocycles. The van der Waals surface area contributed by atoms with Crippen molar-refractivity contribution in [2.75, 3.05) is 23.2 Å². The fraction of sp³-hybridized carbons (Fsp3) is 0.286. The summed E-state index contributed by atoms with van der Waals surface area (Å²) in [6, 6.07) is 12.6. The molecule has 8 heteroatoms. The van der Waals surface area contributed by atoms with E-state index in [-0.39, 0.29) is 17.6 Å². The van der Waals surface area contributed by atoms with E-state index in [1.54, 1.807) is 24.3 Å². The van der Waals surface area contributed by atoms with Gasteiger partial charge in [0.1, 0.15) is 5.75 Å². The third-order valence-electron chi connectivity index (χ3n) is 4.28. The lowest BCUT2D eigenvalue weighted by Gasteiger charge is -2.22. The second kappa shape index (κ2) is 9.11. The summed E-state index contributed by atoms with van der Waals surface area (Å²) in [6.45, 7) is 6.10. The molecule has 152 valence electrons. The van der Waals surface area contributed by atoms with Crippen molar-refractivity contribution in [2.24, 2.45) is 4.99 Å². The topological polar surface area (TPSA) is 80.2 Å². The molecule has 0 radical (unpaired) electrons. The highest BCUT2D eigenvalue weighted by Gasteiger charge is 2.32. The van der Waals surface area contributed by atoms with Gasteiger partial charge in [0.15, 0.2) is 5.17 Å². The Morgan fingerprint density at radius 2 is 1.93 bits per heavy atom. The lowest BCUT2D eigenvalue weighted by molar-refractivity contribution is -0.115. The maximum atomic E-state index is 12.6. The molecule has 1 heterocycles. The molecule has 2 aromatic rings. The van der Waals surface area contributed by atoms with Crippen molar-refractivity contribution in [1.29, 1.82) is 0 Å². The quantitative estimate of drug-likeness (QED) is 0.714. The Balaban J connectivity index is 1.84. The van der Waals surface area contributed by atoms with Gasteiger partial charge in [-0.3, -0.25) is 20.0 Å². The van der Waals surface area contributed by atoms with Gasteiger partial charge >= 0.3 is 6.09 Å². The number of benzene rings is 2. The summed E-state index contributed by atoms with van der Waals surface area (Å²) < 4.78 is 5.28. The summed E-state index contributed by atoms with van der Waals surface area (Å²) in [5.41, 5.74) is 6.21. The fourth-order valence-electron chi connectivity index (χ4n) is 2.93. The predicted molar refractivity (Wildman–Crippen MR) is 116 cm³/mol. The van der Waals surface area contributed by atoms with Crippen LogP contribution in [0, 0.1) is 6.92 Å². The highest BCUT2D eigenvalue weighted by Crippen LogP contribution is 2.34. The minimum absolute atomic E-state index is 0.107. The van der Waals surface area contributed by atoms with E-state index in [1.807, 2.05) is 25.1 Å². The third kappa shape index (κ3) is 4.96. The molecule has 0 spiro atoms. The molecule has 1 fully saturated rings. The first-order valence-electron chi connectivity index (χ1n) is 9.15. The second-order valence-electron chi connectivity index (χ2n) is 6.83. The molecular weight excluding hydrogens is 390 g/mol. The number of amidine groups is 1. The number of amides is 2. The number of rotatable bonds is 5. The van der Waals surface area contributed by atoms with Crippen LogP contribution in [-0.4, -0.2) is 30.0 Å². The average Bonchev–Trinajstić information content (AvgIpc) is 3.03. The first-order valence-corrected chi connectivity index (χ1v) is 10.1. The number of nitrogens with one attached hydrogen (secondary N) is 1. The van der Waals surface area contributed by atoms with Crippen molar-refractivity contribution >= 4 is 40.3 Å². The van der Waals surface area contributed by atoms with Crippen molar-refractivity contribution in [3.8, 4) is 5.75 Å². The zero-order chi connectivity index (χ0) is 21.0. The van der Waals surface area contributed by atoms with Gasteiger partial charge in [0.25, 0.3) is 0 Å². The van der Waals surface area contributed by atoms with Crippen LogP contribution in [0.25, 0.3) is 0 Å². The molecule has 1 aliphatic heterocycles. The first kappa shape index (κ1) is 20.9. The number of carbonyl (C=O) groups excluding carboxylic acids is 2. The number of thioether (sulfide) groups is 1. The van der Waals surface area contributed by atoms with Crippen molar-refractivity contribution in [2.45, 2.75) is 26.7 Å². The van der Waals surface area contributed by atoms with E-state index in [1.165, 1.54) is 23.8 Å². The van der Waals surface area contributed by atoms with E-state index < -0.39 is 6.09 Å². The fourth-order valence-corrected chi connectivity index (χ4v) is 3.78. The zero-order valence-corrected chi connectivity index (χ0v) is 17.6. The lowest BCUT2D eigenvalue weighted by Crippen LogP contribution is -2.31. The Labute approximate surface area is 174 Å². The van der Waals surface area contributed by atoms with Crippen LogP contribution >= 0.6 is 11.8 Å². The Morgan fingerprint density at radius 1 is 1.21 bits per heavy atom. The number of carbonyl (C=O) groups is 2. The molecule has 0 atom stereocenters. The van der Waals surface area contributed by atoms with E-state index in [4.69, 9.17) is 9.57 Å². The Hall–Kier alpha value is -2.84. The molecule has 1 aliphatic rings. The molecule has 29 heavy (non-hydrogen) atoms. The summed E-state index contributed by atoms with van der Waals surface area (Å²) in [7, 11) is 1.51. The largest absolute Gasteiger partial charge is 0.441 e. The highest BCUT2D eigenvalue weighted by molar-refractivity contribution is 8.15. The van der Waals surface area contributed by atoms with E-state index >= 15 is 0 Å². The van der Waals surface area contributed by atoms with E-state index in [2.05, 4.69) is 24.3 Å². The lowest BCUT2D eigenvalue weighted by atomic mass is 9.99. The smallest absolute Gasteiger partial charge is 0.409 e. The number of anilines is 2. The van der Waals surface area contributed by atoms with Crippen molar-refractivity contribution in [1.82, 2.24) is 0 Å². The van der Waals surface area contributed by atoms with Crippen LogP contribution in [0.2, 0.25) is 0 Å². The normalized spacial score (nSPS) is 15.3. The number of hydrogen-bond donors (Lipinski definition) is 1. The van der Waals surface area contributed by atoms with Crippen LogP contribution < -0.4 is 15.1 Å². The third-order valence-corrected chi connectivity index (χ3v) is 5.20. The summed E-state index contributed by atoms with van der Waals surface area (Å²) in [4.78, 5) is 35.3. The van der Waals surface area contributed by atoms with Crippen LogP contribution in [-0.2, 0) is 9.63 Å². The number of nitrogens with zero attached hydrogens (tertiary/aromatic N) is 2. The van der Waals surface area contributed by atoms with Gasteiger partial charge in [-0.15, -0.1) is 4.99 Å². The van der Waals surface area contributed by atoms with Crippen molar-refractivity contribution in [3.63, 3.8) is 0 Å². The molecule has 2 amide bonds. The summed E-state index contributed by atoms with van der Waals surface area (Å²) in [5, 5.41) is 0.324. The van der Waals surface area contributed by atoms with Gasteiger partial charge < -0.3 is 4.74 Å². The maximum Gasteiger partial charge on any atom is 0.441 e. The Bertz CT molecular complexity index is 941. The van der Waals surface area contributed by atoms with Gasteiger partial charge in [-0.1, -0.05) is 37.7 Å². The van der Waals surface area contributed by atoms with E-state index in [9.17, 15) is 9.59 Å². The zero-order valence-electron chi connectivity index (χ0n) is 16.8. The Morgan fingerprint density at radius 3 is 2.59 bits per heavy atom. The molecule has 0 aromatic heterocycles. The van der Waals surface area contributed by atoms with Crippen LogP contribution in [0.5, 0.6) is 5.75 Å². The highest BCUT2D eigenvalue weighted by atomic mass is 32.2. The van der Waals surface area contributed by atoms with E-state index in [0.29, 0.717) is 10.9 Å².